The molecule has 0 spiro atoms. The van der Waals surface area contributed by atoms with Crippen molar-refractivity contribution in [1.29, 1.82) is 0 Å². The third-order valence-corrected chi connectivity index (χ3v) is 5.65. The fraction of sp³-hybridized carbons (Fsp3) is 0.160. The Kier molecular flexibility index (Phi) is 7.66. The smallest absolute Gasteiger partial charge is 0.257 e. The first kappa shape index (κ1) is 23.1. The Morgan fingerprint density at radius 3 is 2.31 bits per heavy atom. The quantitative estimate of drug-likeness (QED) is 0.373. The van der Waals surface area contributed by atoms with E-state index in [1.165, 1.54) is 12.1 Å². The van der Waals surface area contributed by atoms with E-state index in [0.717, 1.165) is 24.0 Å². The molecule has 164 valence electrons. The van der Waals surface area contributed by atoms with Gasteiger partial charge in [-0.2, -0.15) is 0 Å². The van der Waals surface area contributed by atoms with Gasteiger partial charge in [0, 0.05) is 23.4 Å². The van der Waals surface area contributed by atoms with Crippen molar-refractivity contribution < 1.29 is 13.2 Å². The molecule has 0 radical (unpaired) electrons. The molecular formula is C25H25N3O3S. The average molecular weight is 448 g/mol. The van der Waals surface area contributed by atoms with E-state index < -0.39 is 15.9 Å². The van der Waals surface area contributed by atoms with E-state index in [-0.39, 0.29) is 10.6 Å². The van der Waals surface area contributed by atoms with Crippen LogP contribution in [0.3, 0.4) is 0 Å². The minimum atomic E-state index is -3.98. The number of amides is 1. The molecule has 6 nitrogen and oxygen atoms in total. The number of nitrogens with one attached hydrogen (secondary N) is 2. The fourth-order valence-corrected chi connectivity index (χ4v) is 3.73. The lowest BCUT2D eigenvalue weighted by atomic mass is 10.1. The van der Waals surface area contributed by atoms with E-state index in [4.69, 9.17) is 5.14 Å². The minimum absolute atomic E-state index is 0.132. The predicted octanol–water partition coefficient (Wildman–Crippen LogP) is 4.20. The van der Waals surface area contributed by atoms with Gasteiger partial charge >= 0.3 is 0 Å². The van der Waals surface area contributed by atoms with Crippen molar-refractivity contribution in [2.75, 3.05) is 17.2 Å². The van der Waals surface area contributed by atoms with Gasteiger partial charge in [-0.15, -0.1) is 0 Å². The molecule has 0 saturated carbocycles. The van der Waals surface area contributed by atoms with Crippen molar-refractivity contribution in [3.8, 4) is 11.8 Å². The summed E-state index contributed by atoms with van der Waals surface area (Å²) < 4.78 is 23.7. The highest BCUT2D eigenvalue weighted by molar-refractivity contribution is 7.89. The molecule has 3 aromatic carbocycles. The second-order valence-corrected chi connectivity index (χ2v) is 8.68. The molecular weight excluding hydrogens is 422 g/mol. The average Bonchev–Trinajstić information content (AvgIpc) is 2.78. The maximum absolute atomic E-state index is 13.0. The summed E-state index contributed by atoms with van der Waals surface area (Å²) in [4.78, 5) is 12.9. The Labute approximate surface area is 188 Å². The summed E-state index contributed by atoms with van der Waals surface area (Å²) in [6, 6.07) is 20.9. The van der Waals surface area contributed by atoms with Crippen LogP contribution in [0.15, 0.2) is 77.7 Å². The molecule has 0 fully saturated rings. The molecule has 0 bridgehead atoms. The molecule has 1 amide bonds. The molecule has 0 saturated heterocycles. The number of anilines is 2. The number of carbonyl (C=O) groups excluding carboxylic acids is 1. The van der Waals surface area contributed by atoms with Crippen LogP contribution in [-0.4, -0.2) is 20.9 Å². The monoisotopic (exact) mass is 447 g/mol. The number of hydrogen-bond donors (Lipinski definition) is 3. The number of primary sulfonamides is 1. The van der Waals surface area contributed by atoms with Crippen molar-refractivity contribution in [3.05, 3.63) is 89.5 Å². The lowest BCUT2D eigenvalue weighted by Gasteiger charge is -2.14. The Balaban J connectivity index is 1.91. The Morgan fingerprint density at radius 2 is 1.59 bits per heavy atom. The number of unbranched alkanes of at least 4 members (excludes halogenated alkanes) is 1. The fourth-order valence-electron chi connectivity index (χ4n) is 3.04. The zero-order valence-corrected chi connectivity index (χ0v) is 18.6. The van der Waals surface area contributed by atoms with Gasteiger partial charge in [0.2, 0.25) is 10.0 Å². The van der Waals surface area contributed by atoms with Crippen LogP contribution in [0.2, 0.25) is 0 Å². The Morgan fingerprint density at radius 1 is 0.906 bits per heavy atom. The Bertz CT molecular complexity index is 1260. The van der Waals surface area contributed by atoms with Gasteiger partial charge in [0.15, 0.2) is 0 Å². The molecule has 0 atom stereocenters. The zero-order chi connectivity index (χ0) is 23.0. The normalized spacial score (nSPS) is 10.7. The maximum atomic E-state index is 13.0. The molecule has 0 aliphatic heterocycles. The van der Waals surface area contributed by atoms with Crippen molar-refractivity contribution in [2.45, 2.75) is 24.7 Å². The van der Waals surface area contributed by atoms with Crippen LogP contribution >= 0.6 is 0 Å². The van der Waals surface area contributed by atoms with E-state index in [1.54, 1.807) is 24.3 Å². The van der Waals surface area contributed by atoms with Crippen LogP contribution < -0.4 is 15.8 Å². The third-order valence-electron chi connectivity index (χ3n) is 4.68. The summed E-state index contributed by atoms with van der Waals surface area (Å²) in [6.07, 6.45) is 1.94. The number of carbonyl (C=O) groups is 1. The summed E-state index contributed by atoms with van der Waals surface area (Å²) >= 11 is 0. The van der Waals surface area contributed by atoms with Crippen LogP contribution in [-0.2, 0) is 10.0 Å². The maximum Gasteiger partial charge on any atom is 0.257 e. The first-order valence-electron chi connectivity index (χ1n) is 10.3. The van der Waals surface area contributed by atoms with Crippen molar-refractivity contribution in [2.24, 2.45) is 5.14 Å². The van der Waals surface area contributed by atoms with Gasteiger partial charge in [0.05, 0.1) is 11.3 Å². The highest BCUT2D eigenvalue weighted by Crippen LogP contribution is 2.23. The van der Waals surface area contributed by atoms with E-state index in [9.17, 15) is 13.2 Å². The summed E-state index contributed by atoms with van der Waals surface area (Å²) in [7, 11) is -3.98. The van der Waals surface area contributed by atoms with Crippen molar-refractivity contribution in [1.82, 2.24) is 0 Å². The van der Waals surface area contributed by atoms with E-state index >= 15 is 0 Å². The first-order valence-corrected chi connectivity index (χ1v) is 11.8. The summed E-state index contributed by atoms with van der Waals surface area (Å²) in [6.45, 7) is 2.78. The van der Waals surface area contributed by atoms with Gasteiger partial charge in [0.1, 0.15) is 4.90 Å². The van der Waals surface area contributed by atoms with Crippen LogP contribution in [0.5, 0.6) is 0 Å². The number of para-hydroxylation sites is 1. The van der Waals surface area contributed by atoms with Gasteiger partial charge in [-0.1, -0.05) is 55.5 Å². The van der Waals surface area contributed by atoms with Crippen LogP contribution in [0.1, 0.15) is 41.3 Å². The third kappa shape index (κ3) is 6.20. The largest absolute Gasteiger partial charge is 0.384 e. The molecule has 0 aliphatic rings. The number of sulfonamides is 1. The highest BCUT2D eigenvalue weighted by Gasteiger charge is 2.18. The molecule has 7 heteroatoms. The molecule has 0 heterocycles. The molecule has 3 rings (SSSR count). The SMILES string of the molecule is CCCCNc1cc(C#Cc2ccccc2)ccc1C(=O)Nc1ccccc1S(N)(=O)=O. The zero-order valence-electron chi connectivity index (χ0n) is 17.8. The van der Waals surface area contributed by atoms with Gasteiger partial charge in [0.25, 0.3) is 5.91 Å². The molecule has 0 unspecified atom stereocenters. The molecule has 0 aromatic heterocycles. The van der Waals surface area contributed by atoms with E-state index in [1.807, 2.05) is 36.4 Å². The lowest BCUT2D eigenvalue weighted by Crippen LogP contribution is -2.19. The predicted molar refractivity (Wildman–Crippen MR) is 128 cm³/mol. The standard InChI is InChI=1S/C25H25N3O3S/c1-2-3-17-27-23-18-20(14-13-19-9-5-4-6-10-19)15-16-21(23)25(29)28-22-11-7-8-12-24(22)32(26,30)31/h4-12,15-16,18,27H,2-3,17H2,1H3,(H,28,29)(H2,26,30,31). The Hall–Kier alpha value is -3.60. The number of nitrogens with two attached hydrogens (primary N) is 1. The summed E-state index contributed by atoms with van der Waals surface area (Å²) in [5.74, 6) is 5.79. The van der Waals surface area contributed by atoms with Gasteiger partial charge in [-0.05, 0) is 48.9 Å². The van der Waals surface area contributed by atoms with E-state index in [0.29, 0.717) is 17.8 Å². The van der Waals surface area contributed by atoms with Gasteiger partial charge in [-0.25, -0.2) is 13.6 Å². The number of benzene rings is 3. The van der Waals surface area contributed by atoms with E-state index in [2.05, 4.69) is 29.4 Å². The van der Waals surface area contributed by atoms with Gasteiger partial charge in [-0.3, -0.25) is 4.79 Å². The second-order valence-electron chi connectivity index (χ2n) is 7.15. The molecule has 32 heavy (non-hydrogen) atoms. The van der Waals surface area contributed by atoms with Crippen LogP contribution in [0, 0.1) is 11.8 Å². The van der Waals surface area contributed by atoms with Crippen molar-refractivity contribution in [3.63, 3.8) is 0 Å². The molecule has 3 aromatic rings. The van der Waals surface area contributed by atoms with Crippen LogP contribution in [0.4, 0.5) is 11.4 Å². The first-order chi connectivity index (χ1) is 15.4. The van der Waals surface area contributed by atoms with Crippen LogP contribution in [0.25, 0.3) is 0 Å². The minimum Gasteiger partial charge on any atom is -0.384 e. The molecule has 0 aliphatic carbocycles. The topological polar surface area (TPSA) is 101 Å². The lowest BCUT2D eigenvalue weighted by molar-refractivity contribution is 0.102. The highest BCUT2D eigenvalue weighted by atomic mass is 32.2. The summed E-state index contributed by atoms with van der Waals surface area (Å²) in [5, 5.41) is 11.2. The number of rotatable bonds is 7. The van der Waals surface area contributed by atoms with Crippen molar-refractivity contribution >= 4 is 27.3 Å². The summed E-state index contributed by atoms with van der Waals surface area (Å²) in [5.41, 5.74) is 2.80. The van der Waals surface area contributed by atoms with Gasteiger partial charge < -0.3 is 10.6 Å². The second kappa shape index (κ2) is 10.6. The number of hydrogen-bond acceptors (Lipinski definition) is 4. The molecule has 4 N–H and O–H groups in total.